The van der Waals surface area contributed by atoms with Gasteiger partial charge in [-0.2, -0.15) is 0 Å². The molecule has 26 heavy (non-hydrogen) atoms. The number of aliphatic imine (C=N–C) groups is 1. The summed E-state index contributed by atoms with van der Waals surface area (Å²) >= 11 is 7.88. The Labute approximate surface area is 162 Å². The minimum Gasteiger partial charge on any atom is -0.481 e. The molecule has 0 amide bonds. The van der Waals surface area contributed by atoms with Gasteiger partial charge in [-0.05, 0) is 25.1 Å². The zero-order valence-electron chi connectivity index (χ0n) is 15.0. The van der Waals surface area contributed by atoms with Gasteiger partial charge in [-0.3, -0.25) is 4.99 Å². The third-order valence-corrected chi connectivity index (χ3v) is 5.53. The number of thiazole rings is 1. The predicted molar refractivity (Wildman–Crippen MR) is 104 cm³/mol. The fourth-order valence-electron chi connectivity index (χ4n) is 2.68. The van der Waals surface area contributed by atoms with Gasteiger partial charge in [-0.1, -0.05) is 25.4 Å². The minimum absolute atomic E-state index is 0.150. The molecule has 1 aromatic heterocycles. The smallest absolute Gasteiger partial charge is 0.344 e. The van der Waals surface area contributed by atoms with Crippen LogP contribution in [0.2, 0.25) is 5.02 Å². The van der Waals surface area contributed by atoms with Gasteiger partial charge < -0.3 is 9.47 Å². The Morgan fingerprint density at radius 2 is 2.19 bits per heavy atom. The quantitative estimate of drug-likeness (QED) is 0.689. The molecule has 0 bridgehead atoms. The first-order valence-electron chi connectivity index (χ1n) is 8.62. The van der Waals surface area contributed by atoms with Crippen LogP contribution in [0.15, 0.2) is 23.2 Å². The monoisotopic (exact) mass is 392 g/mol. The average Bonchev–Trinajstić information content (AvgIpc) is 3.05. The SMILES string of the molecule is CCOC(=O)COc1ccc(Cl)cc1C1=NCCc2nc(C(C)C)sc21. The summed E-state index contributed by atoms with van der Waals surface area (Å²) < 4.78 is 10.6. The molecule has 0 radical (unpaired) electrons. The van der Waals surface area contributed by atoms with E-state index < -0.39 is 5.97 Å². The third-order valence-electron chi connectivity index (χ3n) is 3.89. The number of fused-ring (bicyclic) bond motifs is 1. The Balaban J connectivity index is 1.95. The molecule has 1 aromatic carbocycles. The topological polar surface area (TPSA) is 60.8 Å². The number of hydrogen-bond acceptors (Lipinski definition) is 6. The van der Waals surface area contributed by atoms with Gasteiger partial charge in [0.25, 0.3) is 0 Å². The summed E-state index contributed by atoms with van der Waals surface area (Å²) in [5, 5.41) is 1.69. The van der Waals surface area contributed by atoms with E-state index in [2.05, 4.69) is 13.8 Å². The molecule has 0 aliphatic carbocycles. The summed E-state index contributed by atoms with van der Waals surface area (Å²) in [7, 11) is 0. The predicted octanol–water partition coefficient (Wildman–Crippen LogP) is 4.26. The summed E-state index contributed by atoms with van der Waals surface area (Å²) in [5.74, 6) is 0.527. The number of carbonyl (C=O) groups excluding carboxylic acids is 1. The van der Waals surface area contributed by atoms with Crippen LogP contribution in [-0.4, -0.2) is 36.4 Å². The van der Waals surface area contributed by atoms with Crippen molar-refractivity contribution in [3.8, 4) is 5.75 Å². The number of benzene rings is 1. The van der Waals surface area contributed by atoms with E-state index in [9.17, 15) is 4.79 Å². The number of rotatable bonds is 6. The standard InChI is InChI=1S/C19H21ClN2O3S/c1-4-24-16(23)10-25-15-6-5-12(20)9-13(15)17-18-14(7-8-21-17)22-19(26-18)11(2)3/h5-6,9,11H,4,7-8,10H2,1-3H3. The van der Waals surface area contributed by atoms with Gasteiger partial charge in [0.1, 0.15) is 5.75 Å². The van der Waals surface area contributed by atoms with E-state index in [4.69, 9.17) is 31.1 Å². The van der Waals surface area contributed by atoms with E-state index in [1.807, 2.05) is 6.07 Å². The van der Waals surface area contributed by atoms with Crippen LogP contribution in [0.1, 0.15) is 47.8 Å². The second-order valence-corrected chi connectivity index (χ2v) is 7.66. The fraction of sp³-hybridized carbons (Fsp3) is 0.421. The lowest BCUT2D eigenvalue weighted by Crippen LogP contribution is -2.17. The Hall–Kier alpha value is -1.92. The second kappa shape index (κ2) is 8.18. The first-order chi connectivity index (χ1) is 12.5. The van der Waals surface area contributed by atoms with Crippen LogP contribution in [-0.2, 0) is 16.0 Å². The summed E-state index contributed by atoms with van der Waals surface area (Å²) in [4.78, 5) is 22.2. The molecule has 1 aliphatic heterocycles. The molecule has 7 heteroatoms. The zero-order chi connectivity index (χ0) is 18.7. The van der Waals surface area contributed by atoms with E-state index in [1.54, 1.807) is 30.4 Å². The molecule has 0 N–H and O–H groups in total. The van der Waals surface area contributed by atoms with Crippen LogP contribution in [0.25, 0.3) is 0 Å². The fourth-order valence-corrected chi connectivity index (χ4v) is 3.99. The van der Waals surface area contributed by atoms with E-state index in [0.29, 0.717) is 29.8 Å². The maximum absolute atomic E-state index is 11.6. The van der Waals surface area contributed by atoms with E-state index in [0.717, 1.165) is 33.3 Å². The van der Waals surface area contributed by atoms with Gasteiger partial charge in [-0.15, -0.1) is 11.3 Å². The number of aromatic nitrogens is 1. The Bertz CT molecular complexity index is 845. The summed E-state index contributed by atoms with van der Waals surface area (Å²) in [6.07, 6.45) is 0.835. The molecule has 3 rings (SSSR count). The minimum atomic E-state index is -0.403. The highest BCUT2D eigenvalue weighted by Crippen LogP contribution is 2.33. The molecule has 1 aliphatic rings. The van der Waals surface area contributed by atoms with E-state index in [-0.39, 0.29) is 6.61 Å². The molecule has 5 nitrogen and oxygen atoms in total. The highest BCUT2D eigenvalue weighted by atomic mass is 35.5. The van der Waals surface area contributed by atoms with Crippen LogP contribution >= 0.6 is 22.9 Å². The Morgan fingerprint density at radius 3 is 2.92 bits per heavy atom. The summed E-state index contributed by atoms with van der Waals surface area (Å²) in [6.45, 7) is 6.88. The maximum atomic E-state index is 11.6. The van der Waals surface area contributed by atoms with Crippen LogP contribution in [0.5, 0.6) is 5.75 Å². The number of hydrogen-bond donors (Lipinski definition) is 0. The molecule has 0 fully saturated rings. The van der Waals surface area contributed by atoms with Gasteiger partial charge in [0, 0.05) is 29.5 Å². The van der Waals surface area contributed by atoms with Gasteiger partial charge in [-0.25, -0.2) is 9.78 Å². The van der Waals surface area contributed by atoms with Gasteiger partial charge >= 0.3 is 5.97 Å². The first-order valence-corrected chi connectivity index (χ1v) is 9.81. The van der Waals surface area contributed by atoms with Gasteiger partial charge in [0.2, 0.25) is 0 Å². The summed E-state index contributed by atoms with van der Waals surface area (Å²) in [5.41, 5.74) is 2.68. The average molecular weight is 393 g/mol. The molecule has 0 saturated carbocycles. The molecule has 2 heterocycles. The van der Waals surface area contributed by atoms with Crippen molar-refractivity contribution in [1.29, 1.82) is 0 Å². The maximum Gasteiger partial charge on any atom is 0.344 e. The van der Waals surface area contributed by atoms with Crippen molar-refractivity contribution < 1.29 is 14.3 Å². The van der Waals surface area contributed by atoms with E-state index in [1.165, 1.54) is 0 Å². The van der Waals surface area contributed by atoms with Crippen molar-refractivity contribution >= 4 is 34.6 Å². The third kappa shape index (κ3) is 4.07. The molecule has 2 aromatic rings. The van der Waals surface area contributed by atoms with E-state index >= 15 is 0 Å². The molecule has 0 saturated heterocycles. The number of ether oxygens (including phenoxy) is 2. The van der Waals surface area contributed by atoms with Gasteiger partial charge in [0.05, 0.1) is 27.9 Å². The Morgan fingerprint density at radius 1 is 1.38 bits per heavy atom. The highest BCUT2D eigenvalue weighted by Gasteiger charge is 2.24. The highest BCUT2D eigenvalue weighted by molar-refractivity contribution is 7.14. The summed E-state index contributed by atoms with van der Waals surface area (Å²) in [6, 6.07) is 5.32. The zero-order valence-corrected chi connectivity index (χ0v) is 16.6. The number of esters is 1. The van der Waals surface area contributed by atoms with Gasteiger partial charge in [0.15, 0.2) is 6.61 Å². The van der Waals surface area contributed by atoms with Crippen LogP contribution in [0, 0.1) is 0 Å². The largest absolute Gasteiger partial charge is 0.481 e. The molecule has 138 valence electrons. The second-order valence-electron chi connectivity index (χ2n) is 6.20. The van der Waals surface area contributed by atoms with Crippen molar-refractivity contribution in [2.45, 2.75) is 33.1 Å². The molecule has 0 unspecified atom stereocenters. The van der Waals surface area contributed by atoms with Crippen LogP contribution in [0.3, 0.4) is 0 Å². The molecular weight excluding hydrogens is 372 g/mol. The van der Waals surface area contributed by atoms with Crippen molar-refractivity contribution in [2.24, 2.45) is 4.99 Å². The molecule has 0 spiro atoms. The molecular formula is C19H21ClN2O3S. The number of carbonyl (C=O) groups is 1. The van der Waals surface area contributed by atoms with Crippen molar-refractivity contribution in [1.82, 2.24) is 4.98 Å². The van der Waals surface area contributed by atoms with Crippen molar-refractivity contribution in [3.05, 3.63) is 44.4 Å². The van der Waals surface area contributed by atoms with Crippen molar-refractivity contribution in [3.63, 3.8) is 0 Å². The number of nitrogens with zero attached hydrogens (tertiary/aromatic N) is 2. The lowest BCUT2D eigenvalue weighted by molar-refractivity contribution is -0.145. The van der Waals surface area contributed by atoms with Crippen LogP contribution < -0.4 is 4.74 Å². The Kier molecular flexibility index (Phi) is 5.94. The van der Waals surface area contributed by atoms with Crippen LogP contribution in [0.4, 0.5) is 0 Å². The number of halogens is 1. The molecule has 0 atom stereocenters. The van der Waals surface area contributed by atoms with Crippen molar-refractivity contribution in [2.75, 3.05) is 19.8 Å². The normalized spacial score (nSPS) is 13.3. The lowest BCUT2D eigenvalue weighted by Gasteiger charge is -2.16. The first kappa shape index (κ1) is 18.9. The lowest BCUT2D eigenvalue weighted by atomic mass is 10.0.